The minimum absolute atomic E-state index is 0.108. The second-order valence-corrected chi connectivity index (χ2v) is 7.29. The molecule has 1 amide bonds. The summed E-state index contributed by atoms with van der Waals surface area (Å²) in [7, 11) is 0. The first-order valence-electron chi connectivity index (χ1n) is 10.5. The Kier molecular flexibility index (Phi) is 17.4. The van der Waals surface area contributed by atoms with Gasteiger partial charge in [0.1, 0.15) is 5.78 Å². The Hall–Kier alpha value is -1.39. The second kappa shape index (κ2) is 18.4. The molecule has 2 N–H and O–H groups in total. The largest absolute Gasteiger partial charge is 0.481 e. The van der Waals surface area contributed by atoms with Gasteiger partial charge in [-0.2, -0.15) is 0 Å². The third-order valence-corrected chi connectivity index (χ3v) is 4.57. The van der Waals surface area contributed by atoms with Crippen LogP contribution in [-0.4, -0.2) is 29.3 Å². The van der Waals surface area contributed by atoms with Gasteiger partial charge in [-0.25, -0.2) is 0 Å². The summed E-state index contributed by atoms with van der Waals surface area (Å²) < 4.78 is 0. The van der Waals surface area contributed by atoms with Gasteiger partial charge in [0, 0.05) is 25.8 Å². The maximum atomic E-state index is 11.6. The molecular formula is C21H39NO4. The van der Waals surface area contributed by atoms with Crippen molar-refractivity contribution in [3.8, 4) is 0 Å². The molecule has 0 aromatic rings. The van der Waals surface area contributed by atoms with Crippen LogP contribution in [0.2, 0.25) is 0 Å². The monoisotopic (exact) mass is 369 g/mol. The van der Waals surface area contributed by atoms with Crippen LogP contribution < -0.4 is 5.32 Å². The lowest BCUT2D eigenvalue weighted by atomic mass is 10.0. The van der Waals surface area contributed by atoms with E-state index in [0.29, 0.717) is 25.8 Å². The molecule has 0 rings (SSSR count). The van der Waals surface area contributed by atoms with Gasteiger partial charge in [-0.1, -0.05) is 64.2 Å². The van der Waals surface area contributed by atoms with Gasteiger partial charge in [-0.05, 0) is 26.2 Å². The van der Waals surface area contributed by atoms with Crippen LogP contribution in [0.4, 0.5) is 0 Å². The van der Waals surface area contributed by atoms with Crippen molar-refractivity contribution in [2.24, 2.45) is 0 Å². The summed E-state index contributed by atoms with van der Waals surface area (Å²) in [6, 6.07) is 0. The number of carbonyl (C=O) groups is 3. The number of carboxylic acid groups (broad SMARTS) is 1. The van der Waals surface area contributed by atoms with Crippen molar-refractivity contribution in [2.75, 3.05) is 6.54 Å². The lowest BCUT2D eigenvalue weighted by Gasteiger charge is -2.05. The number of amides is 1. The molecule has 0 aromatic carbocycles. The number of Topliss-reactive ketones (excluding diaryl/α,β-unsaturated/α-hetero) is 1. The van der Waals surface area contributed by atoms with Crippen LogP contribution in [0.15, 0.2) is 0 Å². The van der Waals surface area contributed by atoms with Gasteiger partial charge in [0.25, 0.3) is 0 Å². The van der Waals surface area contributed by atoms with Crippen molar-refractivity contribution < 1.29 is 19.5 Å². The van der Waals surface area contributed by atoms with Crippen LogP contribution in [0.3, 0.4) is 0 Å². The van der Waals surface area contributed by atoms with E-state index in [1.54, 1.807) is 6.92 Å². The Morgan fingerprint density at radius 1 is 0.615 bits per heavy atom. The number of ketones is 1. The smallest absolute Gasteiger partial charge is 0.303 e. The summed E-state index contributed by atoms with van der Waals surface area (Å²) in [6.45, 7) is 2.19. The van der Waals surface area contributed by atoms with E-state index in [0.717, 1.165) is 38.5 Å². The highest BCUT2D eigenvalue weighted by Gasteiger charge is 2.01. The molecule has 0 heterocycles. The van der Waals surface area contributed by atoms with Crippen LogP contribution in [-0.2, 0) is 14.4 Å². The molecule has 0 unspecified atom stereocenters. The molecule has 0 radical (unpaired) electrons. The number of hydrogen-bond acceptors (Lipinski definition) is 3. The minimum Gasteiger partial charge on any atom is -0.481 e. The molecule has 0 spiro atoms. The summed E-state index contributed by atoms with van der Waals surface area (Å²) in [6.07, 6.45) is 16.0. The number of nitrogens with one attached hydrogen (secondary N) is 1. The van der Waals surface area contributed by atoms with Crippen molar-refractivity contribution >= 4 is 17.7 Å². The third kappa shape index (κ3) is 20.7. The molecule has 0 aliphatic carbocycles. The number of hydrogen-bond donors (Lipinski definition) is 2. The predicted octanol–water partition coefficient (Wildman–Crippen LogP) is 5.02. The molecular weight excluding hydrogens is 330 g/mol. The molecule has 0 atom stereocenters. The Morgan fingerprint density at radius 2 is 1.04 bits per heavy atom. The number of rotatable bonds is 19. The zero-order valence-corrected chi connectivity index (χ0v) is 16.7. The highest BCUT2D eigenvalue weighted by molar-refractivity contribution is 5.76. The van der Waals surface area contributed by atoms with Crippen molar-refractivity contribution in [1.82, 2.24) is 5.32 Å². The number of carbonyl (C=O) groups excluding carboxylic acids is 2. The van der Waals surface area contributed by atoms with Gasteiger partial charge in [-0.3, -0.25) is 9.59 Å². The Morgan fingerprint density at radius 3 is 1.46 bits per heavy atom. The molecule has 0 aliphatic rings. The highest BCUT2D eigenvalue weighted by Crippen LogP contribution is 2.13. The zero-order valence-electron chi connectivity index (χ0n) is 16.7. The first-order chi connectivity index (χ1) is 12.5. The van der Waals surface area contributed by atoms with Crippen LogP contribution in [0, 0.1) is 0 Å². The molecule has 0 bridgehead atoms. The van der Waals surface area contributed by atoms with E-state index in [2.05, 4.69) is 5.32 Å². The van der Waals surface area contributed by atoms with E-state index in [1.807, 2.05) is 0 Å². The first kappa shape index (κ1) is 24.6. The predicted molar refractivity (Wildman–Crippen MR) is 105 cm³/mol. The lowest BCUT2D eigenvalue weighted by molar-refractivity contribution is -0.137. The standard InChI is InChI=1S/C21H39NO4/c1-19(23)15-14-18-22-20(24)16-12-10-8-6-4-2-3-5-7-9-11-13-17-21(25)26/h2-18H2,1H3,(H,22,24)(H,25,26). The van der Waals surface area contributed by atoms with Gasteiger partial charge in [0.05, 0.1) is 0 Å². The normalized spacial score (nSPS) is 10.7. The number of aliphatic carboxylic acids is 1. The van der Waals surface area contributed by atoms with E-state index in [9.17, 15) is 14.4 Å². The van der Waals surface area contributed by atoms with E-state index < -0.39 is 5.97 Å². The van der Waals surface area contributed by atoms with Crippen LogP contribution >= 0.6 is 0 Å². The quantitative estimate of drug-likeness (QED) is 0.313. The van der Waals surface area contributed by atoms with E-state index in [-0.39, 0.29) is 11.7 Å². The summed E-state index contributed by atoms with van der Waals surface area (Å²) in [5, 5.41) is 11.4. The van der Waals surface area contributed by atoms with Crippen molar-refractivity contribution in [3.63, 3.8) is 0 Å². The fourth-order valence-electron chi connectivity index (χ4n) is 2.98. The molecule has 5 nitrogen and oxygen atoms in total. The van der Waals surface area contributed by atoms with Crippen LogP contribution in [0.5, 0.6) is 0 Å². The van der Waals surface area contributed by atoms with E-state index in [4.69, 9.17) is 5.11 Å². The Labute approximate surface area is 159 Å². The van der Waals surface area contributed by atoms with Gasteiger partial charge in [0.2, 0.25) is 5.91 Å². The van der Waals surface area contributed by atoms with Gasteiger partial charge in [0.15, 0.2) is 0 Å². The minimum atomic E-state index is -0.685. The van der Waals surface area contributed by atoms with Crippen LogP contribution in [0.25, 0.3) is 0 Å². The summed E-state index contributed by atoms with van der Waals surface area (Å²) in [5.41, 5.74) is 0. The molecule has 0 saturated carbocycles. The number of unbranched alkanes of at least 4 members (excludes halogenated alkanes) is 11. The second-order valence-electron chi connectivity index (χ2n) is 7.29. The average molecular weight is 370 g/mol. The molecule has 0 aromatic heterocycles. The van der Waals surface area contributed by atoms with E-state index >= 15 is 0 Å². The first-order valence-corrected chi connectivity index (χ1v) is 10.5. The van der Waals surface area contributed by atoms with Gasteiger partial charge >= 0.3 is 5.97 Å². The molecule has 5 heteroatoms. The molecule has 0 fully saturated rings. The van der Waals surface area contributed by atoms with E-state index in [1.165, 1.54) is 44.9 Å². The molecule has 26 heavy (non-hydrogen) atoms. The fraction of sp³-hybridized carbons (Fsp3) is 0.857. The maximum Gasteiger partial charge on any atom is 0.303 e. The summed E-state index contributed by atoms with van der Waals surface area (Å²) >= 11 is 0. The summed E-state index contributed by atoms with van der Waals surface area (Å²) in [4.78, 5) is 32.8. The number of carboxylic acids is 1. The maximum absolute atomic E-state index is 11.6. The Balaban J connectivity index is 3.16. The molecule has 152 valence electrons. The summed E-state index contributed by atoms with van der Waals surface area (Å²) in [5.74, 6) is -0.401. The van der Waals surface area contributed by atoms with Crippen molar-refractivity contribution in [3.05, 3.63) is 0 Å². The lowest BCUT2D eigenvalue weighted by Crippen LogP contribution is -2.24. The van der Waals surface area contributed by atoms with Crippen LogP contribution in [0.1, 0.15) is 110 Å². The SMILES string of the molecule is CC(=O)CCCNC(=O)CCCCCCCCCCCCCCC(=O)O. The highest BCUT2D eigenvalue weighted by atomic mass is 16.4. The zero-order chi connectivity index (χ0) is 19.5. The third-order valence-electron chi connectivity index (χ3n) is 4.57. The average Bonchev–Trinajstić information content (AvgIpc) is 2.58. The van der Waals surface area contributed by atoms with Crippen molar-refractivity contribution in [2.45, 2.75) is 110 Å². The van der Waals surface area contributed by atoms with Gasteiger partial charge in [-0.15, -0.1) is 0 Å². The van der Waals surface area contributed by atoms with Crippen molar-refractivity contribution in [1.29, 1.82) is 0 Å². The molecule has 0 saturated heterocycles. The fourth-order valence-corrected chi connectivity index (χ4v) is 2.98. The molecule has 0 aliphatic heterocycles. The van der Waals surface area contributed by atoms with Gasteiger partial charge < -0.3 is 15.2 Å². The topological polar surface area (TPSA) is 83.5 Å². The Bertz CT molecular complexity index is 382.